The van der Waals surface area contributed by atoms with Crippen molar-refractivity contribution in [3.63, 3.8) is 0 Å². The first-order valence-corrected chi connectivity index (χ1v) is 13.5. The Balaban J connectivity index is 1.15. The molecule has 4 aromatic carbocycles. The summed E-state index contributed by atoms with van der Waals surface area (Å²) in [6.45, 7) is 8.78. The molecule has 0 radical (unpaired) electrons. The van der Waals surface area contributed by atoms with E-state index in [4.69, 9.17) is 13.8 Å². The number of benzene rings is 4. The van der Waals surface area contributed by atoms with Gasteiger partial charge in [0.05, 0.1) is 0 Å². The molecule has 1 unspecified atom stereocenters. The van der Waals surface area contributed by atoms with E-state index < -0.39 is 0 Å². The minimum Gasteiger partial charge on any atom is -0.436 e. The Bertz CT molecular complexity index is 1710. The van der Waals surface area contributed by atoms with E-state index in [1.165, 1.54) is 22.3 Å². The average Bonchev–Trinajstić information content (AvgIpc) is 3.57. The van der Waals surface area contributed by atoms with Gasteiger partial charge in [0.2, 0.25) is 11.8 Å². The Morgan fingerprint density at radius 3 is 1.74 bits per heavy atom. The minimum atomic E-state index is 0.379. The number of rotatable bonds is 7. The van der Waals surface area contributed by atoms with Crippen LogP contribution < -0.4 is 0 Å². The molecule has 0 aliphatic carbocycles. The van der Waals surface area contributed by atoms with Crippen LogP contribution in [0.2, 0.25) is 0 Å². The van der Waals surface area contributed by atoms with Crippen LogP contribution in [0, 0.1) is 0 Å². The van der Waals surface area contributed by atoms with Gasteiger partial charge in [-0.2, -0.15) is 0 Å². The molecular formula is C34H32N2O2. The van der Waals surface area contributed by atoms with Crippen LogP contribution in [0.4, 0.5) is 0 Å². The smallest absolute Gasteiger partial charge is 0.227 e. The predicted octanol–water partition coefficient (Wildman–Crippen LogP) is 9.33. The van der Waals surface area contributed by atoms with Gasteiger partial charge in [0.15, 0.2) is 11.2 Å². The summed E-state index contributed by atoms with van der Waals surface area (Å²) < 4.78 is 12.1. The molecule has 4 nitrogen and oxygen atoms in total. The van der Waals surface area contributed by atoms with E-state index in [-0.39, 0.29) is 0 Å². The van der Waals surface area contributed by atoms with Gasteiger partial charge in [-0.3, -0.25) is 0 Å². The largest absolute Gasteiger partial charge is 0.436 e. The molecule has 0 amide bonds. The van der Waals surface area contributed by atoms with Gasteiger partial charge in [0.1, 0.15) is 11.0 Å². The van der Waals surface area contributed by atoms with E-state index in [1.54, 1.807) is 0 Å². The van der Waals surface area contributed by atoms with Crippen LogP contribution in [-0.4, -0.2) is 9.97 Å². The molecule has 0 fully saturated rings. The summed E-state index contributed by atoms with van der Waals surface area (Å²) in [4.78, 5) is 9.38. The molecule has 0 aliphatic rings. The van der Waals surface area contributed by atoms with Gasteiger partial charge in [-0.1, -0.05) is 64.1 Å². The van der Waals surface area contributed by atoms with E-state index in [0.29, 0.717) is 23.6 Å². The zero-order valence-electron chi connectivity index (χ0n) is 22.4. The number of oxazole rings is 2. The maximum atomic E-state index is 6.10. The third kappa shape index (κ3) is 4.74. The summed E-state index contributed by atoms with van der Waals surface area (Å²) in [5.74, 6) is 2.17. The van der Waals surface area contributed by atoms with Gasteiger partial charge in [-0.25, -0.2) is 9.97 Å². The lowest BCUT2D eigenvalue weighted by molar-refractivity contribution is 0.618. The molecule has 6 rings (SSSR count). The fourth-order valence-corrected chi connectivity index (χ4v) is 4.95. The number of aryl methyl sites for hydroxylation is 1. The van der Waals surface area contributed by atoms with Gasteiger partial charge in [-0.15, -0.1) is 0 Å². The van der Waals surface area contributed by atoms with Gasteiger partial charge in [0.25, 0.3) is 0 Å². The standard InChI is InChI=1S/C34H32N2O2/c1-5-23-8-16-29-31(19-23)37-33(35-29)26-9-6-24(7-10-26)18-22(4)25-11-13-27(14-12-25)34-36-30-17-15-28(21(2)3)20-32(30)38-34/h6-17,19-22H,5,18H2,1-4H3. The second-order valence-corrected chi connectivity index (χ2v) is 10.5. The highest BCUT2D eigenvalue weighted by atomic mass is 16.4. The zero-order valence-corrected chi connectivity index (χ0v) is 22.4. The summed E-state index contributed by atoms with van der Waals surface area (Å²) in [5, 5.41) is 0. The topological polar surface area (TPSA) is 52.1 Å². The molecule has 0 N–H and O–H groups in total. The molecule has 1 atom stereocenters. The highest BCUT2D eigenvalue weighted by Gasteiger charge is 2.13. The molecule has 0 spiro atoms. The fourth-order valence-electron chi connectivity index (χ4n) is 4.95. The monoisotopic (exact) mass is 500 g/mol. The molecule has 4 heteroatoms. The van der Waals surface area contributed by atoms with Crippen LogP contribution in [0.15, 0.2) is 93.8 Å². The Kier molecular flexibility index (Phi) is 6.32. The highest BCUT2D eigenvalue weighted by Crippen LogP contribution is 2.30. The van der Waals surface area contributed by atoms with Gasteiger partial charge in [-0.05, 0) is 95.5 Å². The number of hydrogen-bond donors (Lipinski definition) is 0. The molecule has 2 heterocycles. The molecule has 0 aliphatic heterocycles. The Morgan fingerprint density at radius 1 is 0.605 bits per heavy atom. The van der Waals surface area contributed by atoms with E-state index in [0.717, 1.165) is 46.2 Å². The Labute approximate surface area is 223 Å². The number of aromatic nitrogens is 2. The second-order valence-electron chi connectivity index (χ2n) is 10.5. The van der Waals surface area contributed by atoms with Crippen LogP contribution in [0.3, 0.4) is 0 Å². The van der Waals surface area contributed by atoms with Crippen molar-refractivity contribution in [3.05, 3.63) is 107 Å². The fraction of sp³-hybridized carbons (Fsp3) is 0.235. The van der Waals surface area contributed by atoms with E-state index in [9.17, 15) is 0 Å². The third-order valence-electron chi connectivity index (χ3n) is 7.41. The highest BCUT2D eigenvalue weighted by molar-refractivity contribution is 5.78. The summed E-state index contributed by atoms with van der Waals surface area (Å²) >= 11 is 0. The van der Waals surface area contributed by atoms with Gasteiger partial charge >= 0.3 is 0 Å². The van der Waals surface area contributed by atoms with Crippen molar-refractivity contribution in [3.8, 4) is 22.9 Å². The molecule has 2 aromatic heterocycles. The average molecular weight is 501 g/mol. The van der Waals surface area contributed by atoms with Crippen molar-refractivity contribution in [1.82, 2.24) is 9.97 Å². The maximum absolute atomic E-state index is 6.10. The normalized spacial score (nSPS) is 12.6. The van der Waals surface area contributed by atoms with Crippen LogP contribution in [0.5, 0.6) is 0 Å². The lowest BCUT2D eigenvalue weighted by Crippen LogP contribution is -1.98. The van der Waals surface area contributed by atoms with Crippen molar-refractivity contribution in [2.75, 3.05) is 0 Å². The molecule has 38 heavy (non-hydrogen) atoms. The Hall–Kier alpha value is -4.18. The van der Waals surface area contributed by atoms with Crippen LogP contribution >= 0.6 is 0 Å². The van der Waals surface area contributed by atoms with Crippen molar-refractivity contribution in [2.45, 2.75) is 52.4 Å². The van der Waals surface area contributed by atoms with E-state index in [2.05, 4.69) is 105 Å². The lowest BCUT2D eigenvalue weighted by Gasteiger charge is -2.12. The molecule has 0 saturated heterocycles. The Morgan fingerprint density at radius 2 is 1.13 bits per heavy atom. The first-order chi connectivity index (χ1) is 18.5. The summed E-state index contributed by atoms with van der Waals surface area (Å²) in [6, 6.07) is 29.7. The van der Waals surface area contributed by atoms with Crippen molar-refractivity contribution < 1.29 is 8.83 Å². The second kappa shape index (κ2) is 9.94. The van der Waals surface area contributed by atoms with Gasteiger partial charge in [0, 0.05) is 11.1 Å². The number of fused-ring (bicyclic) bond motifs is 2. The van der Waals surface area contributed by atoms with E-state index >= 15 is 0 Å². The minimum absolute atomic E-state index is 0.379. The van der Waals surface area contributed by atoms with E-state index in [1.807, 2.05) is 12.1 Å². The first kappa shape index (κ1) is 24.2. The maximum Gasteiger partial charge on any atom is 0.227 e. The SMILES string of the molecule is CCc1ccc2nc(-c3ccc(CC(C)c4ccc(-c5nc6ccc(C(C)C)cc6o5)cc4)cc3)oc2c1. The van der Waals surface area contributed by atoms with Gasteiger partial charge < -0.3 is 8.83 Å². The lowest BCUT2D eigenvalue weighted by atomic mass is 9.93. The number of hydrogen-bond acceptors (Lipinski definition) is 4. The van der Waals surface area contributed by atoms with Crippen molar-refractivity contribution >= 4 is 22.2 Å². The molecule has 190 valence electrons. The number of nitrogens with zero attached hydrogens (tertiary/aromatic N) is 2. The van der Waals surface area contributed by atoms with Crippen molar-refractivity contribution in [2.24, 2.45) is 0 Å². The molecule has 6 aromatic rings. The molecule has 0 saturated carbocycles. The van der Waals surface area contributed by atoms with Crippen LogP contribution in [-0.2, 0) is 12.8 Å². The van der Waals surface area contributed by atoms with Crippen molar-refractivity contribution in [1.29, 1.82) is 0 Å². The predicted molar refractivity (Wildman–Crippen MR) is 154 cm³/mol. The summed E-state index contributed by atoms with van der Waals surface area (Å²) in [6.07, 6.45) is 1.94. The zero-order chi connectivity index (χ0) is 26.2. The molecular weight excluding hydrogens is 468 g/mol. The van der Waals surface area contributed by atoms with Crippen LogP contribution in [0.25, 0.3) is 45.1 Å². The third-order valence-corrected chi connectivity index (χ3v) is 7.41. The first-order valence-electron chi connectivity index (χ1n) is 13.5. The quantitative estimate of drug-likeness (QED) is 0.219. The summed E-state index contributed by atoms with van der Waals surface area (Å²) in [5.41, 5.74) is 10.6. The molecule has 0 bridgehead atoms. The van der Waals surface area contributed by atoms with Crippen LogP contribution in [0.1, 0.15) is 61.8 Å². The summed E-state index contributed by atoms with van der Waals surface area (Å²) in [7, 11) is 0.